The molecule has 4 aromatic rings. The van der Waals surface area contributed by atoms with Crippen molar-refractivity contribution in [2.75, 3.05) is 18.8 Å². The Morgan fingerprint density at radius 3 is 2.50 bits per heavy atom. The second kappa shape index (κ2) is 5.38. The van der Waals surface area contributed by atoms with Crippen molar-refractivity contribution in [2.24, 2.45) is 0 Å². The molecule has 115 valence electrons. The number of hydrogen-bond donors (Lipinski definition) is 0. The minimum absolute atomic E-state index is 0. The van der Waals surface area contributed by atoms with Gasteiger partial charge in [-0.3, -0.25) is 4.98 Å². The fraction of sp³-hybridized carbons (Fsp3) is 0.167. The summed E-state index contributed by atoms with van der Waals surface area (Å²) in [7, 11) is -0.848. The van der Waals surface area contributed by atoms with E-state index in [2.05, 4.69) is 65.8 Å². The van der Waals surface area contributed by atoms with Gasteiger partial charge in [0.15, 0.2) is 0 Å². The van der Waals surface area contributed by atoms with Crippen LogP contribution in [0.4, 0.5) is 0 Å². The first-order chi connectivity index (χ1) is 10.1. The van der Waals surface area contributed by atoms with E-state index in [1.54, 1.807) is 0 Å². The smallest absolute Gasteiger partial charge is 0.0855 e. The van der Waals surface area contributed by atoms with Crippen molar-refractivity contribution in [3.63, 3.8) is 0 Å². The maximum atomic E-state index is 4.93. The fourth-order valence-corrected chi connectivity index (χ4v) is 3.55. The second-order valence-electron chi connectivity index (χ2n) is 6.09. The summed E-state index contributed by atoms with van der Waals surface area (Å²) in [6.07, 6.45) is 9.04. The molecule has 22 heavy (non-hydrogen) atoms. The Kier molecular flexibility index (Phi) is 3.80. The van der Waals surface area contributed by atoms with Crippen LogP contribution < -0.4 is 0 Å². The van der Waals surface area contributed by atoms with Gasteiger partial charge in [0.25, 0.3) is 0 Å². The molecule has 0 amide bonds. The first-order valence-electron chi connectivity index (χ1n) is 6.94. The van der Waals surface area contributed by atoms with Gasteiger partial charge in [0, 0.05) is 31.8 Å². The Hall–Kier alpha value is -1.35. The average Bonchev–Trinajstić information content (AvgIpc) is 2.93. The fourth-order valence-electron chi connectivity index (χ4n) is 2.77. The van der Waals surface area contributed by atoms with Crippen LogP contribution in [0.2, 0.25) is 0 Å². The number of hydrogen-bond acceptors (Lipinski definition) is 1. The molecular formula is C18H17IrN2S-. The third-order valence-corrected chi connectivity index (χ3v) is 5.30. The van der Waals surface area contributed by atoms with Gasteiger partial charge in [-0.25, -0.2) is 10.0 Å². The molecule has 0 aliphatic carbocycles. The van der Waals surface area contributed by atoms with Gasteiger partial charge in [0.05, 0.1) is 10.7 Å². The number of fused-ring (bicyclic) bond motifs is 6. The van der Waals surface area contributed by atoms with E-state index in [-0.39, 0.29) is 20.1 Å². The van der Waals surface area contributed by atoms with E-state index in [0.29, 0.717) is 0 Å². The summed E-state index contributed by atoms with van der Waals surface area (Å²) < 4.78 is 2.22. The molecule has 0 aliphatic heterocycles. The van der Waals surface area contributed by atoms with Crippen molar-refractivity contribution in [3.05, 3.63) is 54.7 Å². The first kappa shape index (κ1) is 15.5. The molecule has 0 aliphatic rings. The van der Waals surface area contributed by atoms with Crippen molar-refractivity contribution < 1.29 is 20.1 Å². The zero-order valence-corrected chi connectivity index (χ0v) is 16.0. The minimum atomic E-state index is -0.848. The largest absolute Gasteiger partial charge is 0.339 e. The molecule has 0 saturated heterocycles. The average molecular weight is 486 g/mol. The summed E-state index contributed by atoms with van der Waals surface area (Å²) in [5.74, 6) is 0. The van der Waals surface area contributed by atoms with Gasteiger partial charge in [0.2, 0.25) is 0 Å². The molecule has 0 unspecified atom stereocenters. The van der Waals surface area contributed by atoms with Gasteiger partial charge < -0.3 is 4.40 Å². The van der Waals surface area contributed by atoms with Crippen LogP contribution in [0, 0.1) is 6.07 Å². The van der Waals surface area contributed by atoms with Crippen LogP contribution in [0.25, 0.3) is 27.3 Å². The van der Waals surface area contributed by atoms with E-state index in [1.807, 2.05) is 12.1 Å². The van der Waals surface area contributed by atoms with Gasteiger partial charge in [-0.1, -0.05) is 23.6 Å². The van der Waals surface area contributed by atoms with Gasteiger partial charge in [0.1, 0.15) is 0 Å². The predicted octanol–water partition coefficient (Wildman–Crippen LogP) is 4.49. The zero-order valence-electron chi connectivity index (χ0n) is 12.8. The molecule has 2 heterocycles. The van der Waals surface area contributed by atoms with E-state index in [9.17, 15) is 0 Å². The Morgan fingerprint density at radius 1 is 1.00 bits per heavy atom. The topological polar surface area (TPSA) is 17.3 Å². The molecule has 0 saturated carbocycles. The summed E-state index contributed by atoms with van der Waals surface area (Å²) in [5, 5.41) is 4.77. The quantitative estimate of drug-likeness (QED) is 0.287. The van der Waals surface area contributed by atoms with Gasteiger partial charge >= 0.3 is 0 Å². The molecule has 0 bridgehead atoms. The summed E-state index contributed by atoms with van der Waals surface area (Å²) in [6.45, 7) is 0. The predicted molar refractivity (Wildman–Crippen MR) is 92.7 cm³/mol. The minimum Gasteiger partial charge on any atom is -0.339 e. The van der Waals surface area contributed by atoms with Crippen molar-refractivity contribution in [1.82, 2.24) is 9.38 Å². The van der Waals surface area contributed by atoms with Gasteiger partial charge in [-0.15, -0.1) is 29.7 Å². The zero-order chi connectivity index (χ0) is 14.6. The standard InChI is InChI=1S/C18H17N2S.Ir/c1-21(2,3)17-12-20-16-11-7-6-9-14(16)13-8-4-5-10-15(13)18(20)19-17;/h4-9,11-12H,1-3H3;/q-1;. The van der Waals surface area contributed by atoms with Gasteiger partial charge in [-0.2, -0.15) is 0 Å². The Labute approximate surface area is 145 Å². The molecule has 0 spiro atoms. The number of para-hydroxylation sites is 1. The second-order valence-corrected chi connectivity index (χ2v) is 10.2. The SMILES string of the molecule is CS(C)(C)c1cn2c3ccccc3c3ccc[c-]c3c2n1.[Ir]. The number of pyridine rings is 1. The maximum absolute atomic E-state index is 4.93. The molecule has 1 radical (unpaired) electrons. The van der Waals surface area contributed by atoms with Crippen LogP contribution in [-0.2, 0) is 20.1 Å². The van der Waals surface area contributed by atoms with Crippen molar-refractivity contribution >= 4 is 37.4 Å². The summed E-state index contributed by atoms with van der Waals surface area (Å²) in [5.41, 5.74) is 2.23. The van der Waals surface area contributed by atoms with Gasteiger partial charge in [-0.05, 0) is 30.2 Å². The molecule has 0 N–H and O–H groups in total. The van der Waals surface area contributed by atoms with Crippen molar-refractivity contribution in [1.29, 1.82) is 0 Å². The third-order valence-electron chi connectivity index (χ3n) is 3.84. The monoisotopic (exact) mass is 486 g/mol. The van der Waals surface area contributed by atoms with E-state index in [0.717, 1.165) is 11.0 Å². The first-order valence-corrected chi connectivity index (χ1v) is 9.80. The third kappa shape index (κ3) is 2.26. The van der Waals surface area contributed by atoms with E-state index in [1.165, 1.54) is 21.3 Å². The van der Waals surface area contributed by atoms with Crippen LogP contribution in [0.5, 0.6) is 0 Å². The Bertz CT molecular complexity index is 910. The van der Waals surface area contributed by atoms with E-state index < -0.39 is 10.0 Å². The van der Waals surface area contributed by atoms with Crippen LogP contribution in [-0.4, -0.2) is 28.2 Å². The number of benzene rings is 2. The van der Waals surface area contributed by atoms with Crippen molar-refractivity contribution in [2.45, 2.75) is 5.03 Å². The molecule has 2 aromatic heterocycles. The molecule has 0 fully saturated rings. The molecule has 2 aromatic carbocycles. The number of imidazole rings is 1. The molecule has 4 heteroatoms. The number of rotatable bonds is 1. The van der Waals surface area contributed by atoms with E-state index >= 15 is 0 Å². The summed E-state index contributed by atoms with van der Waals surface area (Å²) in [4.78, 5) is 4.93. The molecule has 0 atom stereocenters. The van der Waals surface area contributed by atoms with Crippen LogP contribution in [0.3, 0.4) is 0 Å². The van der Waals surface area contributed by atoms with Crippen LogP contribution >= 0.6 is 10.0 Å². The normalized spacial score (nSPS) is 12.7. The van der Waals surface area contributed by atoms with Crippen molar-refractivity contribution in [3.8, 4) is 0 Å². The Morgan fingerprint density at radius 2 is 1.73 bits per heavy atom. The maximum Gasteiger partial charge on any atom is 0.0855 e. The molecule has 4 rings (SSSR count). The van der Waals surface area contributed by atoms with Crippen LogP contribution in [0.15, 0.2) is 53.7 Å². The molecule has 2 nitrogen and oxygen atoms in total. The van der Waals surface area contributed by atoms with Crippen LogP contribution in [0.1, 0.15) is 0 Å². The molecular weight excluding hydrogens is 468 g/mol. The summed E-state index contributed by atoms with van der Waals surface area (Å²) in [6, 6.07) is 18.1. The van der Waals surface area contributed by atoms with E-state index in [4.69, 9.17) is 4.98 Å². The summed E-state index contributed by atoms with van der Waals surface area (Å²) >= 11 is 0. The Balaban J connectivity index is 0.00000144. The number of nitrogens with zero attached hydrogens (tertiary/aromatic N) is 2. The number of aromatic nitrogens is 2.